The molecule has 2 aromatic rings. The van der Waals surface area contributed by atoms with E-state index in [0.29, 0.717) is 30.3 Å². The Morgan fingerprint density at radius 2 is 2.15 bits per heavy atom. The molecule has 10 heteroatoms. The Hall–Kier alpha value is -3.56. The van der Waals surface area contributed by atoms with E-state index in [1.165, 1.54) is 12.3 Å². The number of aryl methyl sites for hydroxylation is 1. The van der Waals surface area contributed by atoms with Crippen molar-refractivity contribution in [1.82, 2.24) is 15.3 Å². The first kappa shape index (κ1) is 17.3. The number of amides is 2. The number of hydrogen-bond acceptors (Lipinski definition) is 7. The summed E-state index contributed by atoms with van der Waals surface area (Å²) in [5.74, 6) is 0.0562. The molecule has 0 bridgehead atoms. The molecule has 2 N–H and O–H groups in total. The second-order valence-electron chi connectivity index (χ2n) is 5.71. The fourth-order valence-electron chi connectivity index (χ4n) is 2.53. The number of hydrogen-bond donors (Lipinski definition) is 2. The highest BCUT2D eigenvalue weighted by atomic mass is 16.6. The van der Waals surface area contributed by atoms with Crippen LogP contribution in [-0.4, -0.2) is 46.3 Å². The van der Waals surface area contributed by atoms with Crippen LogP contribution < -0.4 is 15.5 Å². The zero-order valence-corrected chi connectivity index (χ0v) is 13.9. The fraction of sp³-hybridized carbons (Fsp3) is 0.250. The molecule has 3 rings (SSSR count). The molecule has 0 spiro atoms. The molecule has 26 heavy (non-hydrogen) atoms. The van der Waals surface area contributed by atoms with Gasteiger partial charge in [0.05, 0.1) is 34.6 Å². The van der Waals surface area contributed by atoms with Crippen LogP contribution in [0.4, 0.5) is 17.2 Å². The average molecular weight is 356 g/mol. The molecule has 0 aliphatic carbocycles. The van der Waals surface area contributed by atoms with Crippen LogP contribution in [0.25, 0.3) is 0 Å². The van der Waals surface area contributed by atoms with Gasteiger partial charge in [-0.1, -0.05) is 0 Å². The van der Waals surface area contributed by atoms with E-state index in [9.17, 15) is 19.7 Å². The SMILES string of the molecule is Cc1ncc([N+](=O)[O-])cc1C(=O)Nc1ccc(N2CCNC(=O)C2)nc1. The molecular formula is C16H16N6O4. The van der Waals surface area contributed by atoms with Gasteiger partial charge in [-0.3, -0.25) is 24.7 Å². The Bertz CT molecular complexity index is 868. The molecule has 0 atom stereocenters. The number of aromatic nitrogens is 2. The van der Waals surface area contributed by atoms with Gasteiger partial charge in [-0.05, 0) is 19.1 Å². The summed E-state index contributed by atoms with van der Waals surface area (Å²) in [5.41, 5.74) is 0.691. The fourth-order valence-corrected chi connectivity index (χ4v) is 2.53. The van der Waals surface area contributed by atoms with Crippen molar-refractivity contribution in [2.24, 2.45) is 0 Å². The molecule has 0 saturated carbocycles. The Kier molecular flexibility index (Phi) is 4.74. The summed E-state index contributed by atoms with van der Waals surface area (Å²) < 4.78 is 0. The number of nitrogens with zero attached hydrogens (tertiary/aromatic N) is 4. The highest BCUT2D eigenvalue weighted by molar-refractivity contribution is 6.05. The molecule has 0 radical (unpaired) electrons. The van der Waals surface area contributed by atoms with E-state index >= 15 is 0 Å². The lowest BCUT2D eigenvalue weighted by Gasteiger charge is -2.27. The van der Waals surface area contributed by atoms with Crippen molar-refractivity contribution >= 4 is 29.0 Å². The van der Waals surface area contributed by atoms with E-state index in [4.69, 9.17) is 0 Å². The van der Waals surface area contributed by atoms with Gasteiger partial charge < -0.3 is 15.5 Å². The van der Waals surface area contributed by atoms with Gasteiger partial charge in [-0.2, -0.15) is 0 Å². The maximum Gasteiger partial charge on any atom is 0.288 e. The van der Waals surface area contributed by atoms with Gasteiger partial charge in [0.15, 0.2) is 0 Å². The van der Waals surface area contributed by atoms with Crippen molar-refractivity contribution in [2.75, 3.05) is 29.9 Å². The van der Waals surface area contributed by atoms with E-state index in [1.807, 2.05) is 4.90 Å². The Morgan fingerprint density at radius 3 is 2.81 bits per heavy atom. The second kappa shape index (κ2) is 7.13. The lowest BCUT2D eigenvalue weighted by atomic mass is 10.1. The number of nitro groups is 1. The van der Waals surface area contributed by atoms with Crippen molar-refractivity contribution in [3.8, 4) is 0 Å². The van der Waals surface area contributed by atoms with Crippen LogP contribution >= 0.6 is 0 Å². The molecule has 0 unspecified atom stereocenters. The van der Waals surface area contributed by atoms with E-state index in [2.05, 4.69) is 20.6 Å². The molecule has 2 aromatic heterocycles. The topological polar surface area (TPSA) is 130 Å². The van der Waals surface area contributed by atoms with Gasteiger partial charge in [0.1, 0.15) is 12.0 Å². The van der Waals surface area contributed by atoms with Crippen LogP contribution in [-0.2, 0) is 4.79 Å². The van der Waals surface area contributed by atoms with E-state index in [-0.39, 0.29) is 23.7 Å². The summed E-state index contributed by atoms with van der Waals surface area (Å²) in [4.78, 5) is 44.0. The van der Waals surface area contributed by atoms with E-state index < -0.39 is 10.8 Å². The number of carbonyl (C=O) groups is 2. The van der Waals surface area contributed by atoms with Crippen LogP contribution in [0.5, 0.6) is 0 Å². The second-order valence-corrected chi connectivity index (χ2v) is 5.71. The first-order valence-corrected chi connectivity index (χ1v) is 7.84. The summed E-state index contributed by atoms with van der Waals surface area (Å²) in [6.45, 7) is 3.04. The quantitative estimate of drug-likeness (QED) is 0.614. The standard InChI is InChI=1S/C16H16N6O4/c1-10-13(6-12(8-18-10)22(25)26)16(24)20-11-2-3-14(19-7-11)21-5-4-17-15(23)9-21/h2-3,6-8H,4-5,9H2,1H3,(H,17,23)(H,20,24). The van der Waals surface area contributed by atoms with Crippen LogP contribution in [0.3, 0.4) is 0 Å². The predicted octanol–water partition coefficient (Wildman–Crippen LogP) is 0.882. The first-order valence-electron chi connectivity index (χ1n) is 7.84. The van der Waals surface area contributed by atoms with E-state index in [0.717, 1.165) is 6.20 Å². The lowest BCUT2D eigenvalue weighted by Crippen LogP contribution is -2.48. The average Bonchev–Trinajstić information content (AvgIpc) is 2.62. The highest BCUT2D eigenvalue weighted by Crippen LogP contribution is 2.18. The normalized spacial score (nSPS) is 13.9. The van der Waals surface area contributed by atoms with Gasteiger partial charge in [-0.15, -0.1) is 0 Å². The number of carbonyl (C=O) groups excluding carboxylic acids is 2. The van der Waals surface area contributed by atoms with Gasteiger partial charge in [0.2, 0.25) is 5.91 Å². The third kappa shape index (κ3) is 3.74. The maximum atomic E-state index is 12.4. The number of rotatable bonds is 4. The summed E-state index contributed by atoms with van der Waals surface area (Å²) in [6, 6.07) is 4.55. The molecule has 1 aliphatic heterocycles. The Balaban J connectivity index is 1.73. The largest absolute Gasteiger partial charge is 0.353 e. The van der Waals surface area contributed by atoms with Gasteiger partial charge >= 0.3 is 0 Å². The molecule has 134 valence electrons. The minimum absolute atomic E-state index is 0.0657. The zero-order valence-electron chi connectivity index (χ0n) is 13.9. The molecule has 2 amide bonds. The van der Waals surface area contributed by atoms with Crippen molar-refractivity contribution in [3.05, 3.63) is 52.0 Å². The van der Waals surface area contributed by atoms with E-state index in [1.54, 1.807) is 19.1 Å². The van der Waals surface area contributed by atoms with Crippen LogP contribution in [0.15, 0.2) is 30.6 Å². The minimum atomic E-state index is -0.603. The van der Waals surface area contributed by atoms with Crippen LogP contribution in [0.2, 0.25) is 0 Å². The summed E-state index contributed by atoms with van der Waals surface area (Å²) in [6.07, 6.45) is 2.58. The smallest absolute Gasteiger partial charge is 0.288 e. The van der Waals surface area contributed by atoms with Gasteiger partial charge in [-0.25, -0.2) is 4.98 Å². The summed E-state index contributed by atoms with van der Waals surface area (Å²) in [7, 11) is 0. The van der Waals surface area contributed by atoms with Crippen molar-refractivity contribution in [1.29, 1.82) is 0 Å². The Labute approximate surface area is 148 Å². The number of anilines is 2. The Morgan fingerprint density at radius 1 is 1.35 bits per heavy atom. The molecule has 1 aliphatic rings. The van der Waals surface area contributed by atoms with Gasteiger partial charge in [0, 0.05) is 19.2 Å². The summed E-state index contributed by atoms with van der Waals surface area (Å²) in [5, 5.41) is 16.2. The molecule has 0 aromatic carbocycles. The van der Waals surface area contributed by atoms with Crippen LogP contribution in [0.1, 0.15) is 16.1 Å². The lowest BCUT2D eigenvalue weighted by molar-refractivity contribution is -0.385. The minimum Gasteiger partial charge on any atom is -0.353 e. The summed E-state index contributed by atoms with van der Waals surface area (Å²) >= 11 is 0. The number of pyridine rings is 2. The van der Waals surface area contributed by atoms with Crippen molar-refractivity contribution < 1.29 is 14.5 Å². The maximum absolute atomic E-state index is 12.4. The monoisotopic (exact) mass is 356 g/mol. The third-order valence-electron chi connectivity index (χ3n) is 3.90. The molecular weight excluding hydrogens is 340 g/mol. The predicted molar refractivity (Wildman–Crippen MR) is 93.0 cm³/mol. The number of nitrogens with one attached hydrogen (secondary N) is 2. The highest BCUT2D eigenvalue weighted by Gasteiger charge is 2.18. The molecule has 3 heterocycles. The third-order valence-corrected chi connectivity index (χ3v) is 3.90. The number of piperazine rings is 1. The molecule has 10 nitrogen and oxygen atoms in total. The first-order chi connectivity index (χ1) is 12.4. The van der Waals surface area contributed by atoms with Crippen molar-refractivity contribution in [3.63, 3.8) is 0 Å². The van der Waals surface area contributed by atoms with Crippen molar-refractivity contribution in [2.45, 2.75) is 6.92 Å². The van der Waals surface area contributed by atoms with Gasteiger partial charge in [0.25, 0.3) is 11.6 Å². The molecule has 1 saturated heterocycles. The zero-order chi connectivity index (χ0) is 18.7. The van der Waals surface area contributed by atoms with Crippen LogP contribution in [0, 0.1) is 17.0 Å². The molecule has 1 fully saturated rings.